The molecule has 3 rings (SSSR count). The van der Waals surface area contributed by atoms with E-state index in [1.54, 1.807) is 35.2 Å². The highest BCUT2D eigenvalue weighted by atomic mass is 35.5. The lowest BCUT2D eigenvalue weighted by molar-refractivity contribution is -0.127. The van der Waals surface area contributed by atoms with Gasteiger partial charge in [0.15, 0.2) is 0 Å². The monoisotopic (exact) mass is 482 g/mol. The van der Waals surface area contributed by atoms with Crippen LogP contribution in [0.15, 0.2) is 30.3 Å². The zero-order valence-electron chi connectivity index (χ0n) is 18.4. The van der Waals surface area contributed by atoms with Gasteiger partial charge in [0, 0.05) is 11.1 Å². The molecule has 0 saturated carbocycles. The van der Waals surface area contributed by atoms with Crippen LogP contribution < -0.4 is 10.1 Å². The third kappa shape index (κ3) is 5.73. The molecule has 0 fully saturated rings. The number of hydrogen-bond acceptors (Lipinski definition) is 4. The van der Waals surface area contributed by atoms with Crippen molar-refractivity contribution in [3.63, 3.8) is 0 Å². The van der Waals surface area contributed by atoms with E-state index >= 15 is 0 Å². The number of benzene rings is 1. The third-order valence-corrected chi connectivity index (χ3v) is 6.33. The fourth-order valence-electron chi connectivity index (χ4n) is 3.70. The zero-order valence-corrected chi connectivity index (χ0v) is 20.7. The van der Waals surface area contributed by atoms with E-state index in [0.29, 0.717) is 37.9 Å². The molecule has 5 nitrogen and oxygen atoms in total. The van der Waals surface area contributed by atoms with Gasteiger partial charge in [0.1, 0.15) is 17.9 Å². The molecule has 31 heavy (non-hydrogen) atoms. The summed E-state index contributed by atoms with van der Waals surface area (Å²) < 4.78 is 6.82. The molecule has 2 heterocycles. The molecule has 0 radical (unpaired) electrons. The molecule has 168 valence electrons. The summed E-state index contributed by atoms with van der Waals surface area (Å²) in [7, 11) is 0. The molecule has 2 aromatic rings. The molecule has 1 aromatic carbocycles. The first-order valence-electron chi connectivity index (χ1n) is 10.3. The Kier molecular flexibility index (Phi) is 7.24. The molecule has 0 aliphatic carbocycles. The Bertz CT molecular complexity index is 968. The molecule has 1 aliphatic heterocycles. The van der Waals surface area contributed by atoms with Crippen LogP contribution in [0.4, 0.5) is 0 Å². The average molecular weight is 483 g/mol. The van der Waals surface area contributed by atoms with E-state index in [0.717, 1.165) is 0 Å². The molecular weight excluding hydrogens is 455 g/mol. The number of thiophene rings is 1. The van der Waals surface area contributed by atoms with Crippen LogP contribution in [0.1, 0.15) is 62.3 Å². The number of amides is 2. The maximum atomic E-state index is 13.6. The molecule has 0 bridgehead atoms. The lowest BCUT2D eigenvalue weighted by atomic mass is 10.00. The number of nitrogens with one attached hydrogen (secondary N) is 1. The summed E-state index contributed by atoms with van der Waals surface area (Å²) in [5.41, 5.74) is 0.109. The number of hydrogen-bond donors (Lipinski definition) is 1. The highest BCUT2D eigenvalue weighted by molar-refractivity contribution is 7.18. The maximum absolute atomic E-state index is 13.6. The summed E-state index contributed by atoms with van der Waals surface area (Å²) in [6.07, 6.45) is 0.415. The minimum atomic E-state index is -0.876. The van der Waals surface area contributed by atoms with Gasteiger partial charge in [-0.05, 0) is 51.3 Å². The second-order valence-electron chi connectivity index (χ2n) is 9.23. The number of fused-ring (bicyclic) bond motifs is 1. The Balaban J connectivity index is 2.14. The van der Waals surface area contributed by atoms with E-state index in [9.17, 15) is 9.59 Å². The molecule has 1 N–H and O–H groups in total. The number of rotatable bonds is 4. The Morgan fingerprint density at radius 1 is 1.23 bits per heavy atom. The molecule has 0 saturated heterocycles. The van der Waals surface area contributed by atoms with E-state index < -0.39 is 11.6 Å². The minimum Gasteiger partial charge on any atom is -0.487 e. The van der Waals surface area contributed by atoms with Crippen molar-refractivity contribution < 1.29 is 14.3 Å². The van der Waals surface area contributed by atoms with Crippen LogP contribution in [-0.2, 0) is 4.79 Å². The van der Waals surface area contributed by atoms with Gasteiger partial charge in [-0.25, -0.2) is 0 Å². The second kappa shape index (κ2) is 9.39. The standard InChI is InChI=1S/C23H28Cl2N2O3S/c1-13(2)11-14-12-27(22(29)17-9-10-18(25)31-17)19(21(28)26-23(3,4)5)15-7-6-8-16(24)20(15)30-14/h6-10,13-14,19H,11-12H2,1-5H3,(H,26,28)/t14-,19+/m0/s1. The van der Waals surface area contributed by atoms with Gasteiger partial charge < -0.3 is 15.0 Å². The summed E-state index contributed by atoms with van der Waals surface area (Å²) in [4.78, 5) is 29.2. The van der Waals surface area contributed by atoms with Crippen LogP contribution in [0.5, 0.6) is 5.75 Å². The van der Waals surface area contributed by atoms with Gasteiger partial charge in [-0.1, -0.05) is 49.2 Å². The van der Waals surface area contributed by atoms with Crippen molar-refractivity contribution >= 4 is 46.4 Å². The lowest BCUT2D eigenvalue weighted by Gasteiger charge is -2.33. The topological polar surface area (TPSA) is 58.6 Å². The number of para-hydroxylation sites is 1. The molecule has 0 spiro atoms. The molecule has 1 aromatic heterocycles. The lowest BCUT2D eigenvalue weighted by Crippen LogP contribution is -2.50. The Morgan fingerprint density at radius 2 is 1.94 bits per heavy atom. The quantitative estimate of drug-likeness (QED) is 0.584. The molecule has 0 unspecified atom stereocenters. The van der Waals surface area contributed by atoms with Gasteiger partial charge in [-0.3, -0.25) is 9.59 Å². The Morgan fingerprint density at radius 3 is 2.52 bits per heavy atom. The second-order valence-corrected chi connectivity index (χ2v) is 11.4. The smallest absolute Gasteiger partial charge is 0.265 e. The number of carbonyl (C=O) groups excluding carboxylic acids is 2. The van der Waals surface area contributed by atoms with Gasteiger partial charge >= 0.3 is 0 Å². The number of carbonyl (C=O) groups is 2. The third-order valence-electron chi connectivity index (χ3n) is 4.81. The van der Waals surface area contributed by atoms with Crippen LogP contribution in [0, 0.1) is 5.92 Å². The van der Waals surface area contributed by atoms with Crippen LogP contribution in [-0.4, -0.2) is 34.9 Å². The van der Waals surface area contributed by atoms with Crippen LogP contribution in [0.25, 0.3) is 0 Å². The fraction of sp³-hybridized carbons (Fsp3) is 0.478. The Hall–Kier alpha value is -1.76. The van der Waals surface area contributed by atoms with Crippen molar-refractivity contribution in [3.8, 4) is 5.75 Å². The van der Waals surface area contributed by atoms with E-state index in [2.05, 4.69) is 19.2 Å². The van der Waals surface area contributed by atoms with E-state index in [-0.39, 0.29) is 24.5 Å². The summed E-state index contributed by atoms with van der Waals surface area (Å²) >= 11 is 13.8. The Labute approximate surface area is 197 Å². The zero-order chi connectivity index (χ0) is 22.9. The fourth-order valence-corrected chi connectivity index (χ4v) is 4.93. The molecule has 8 heteroatoms. The highest BCUT2D eigenvalue weighted by Gasteiger charge is 2.40. The molecule has 2 amide bonds. The predicted molar refractivity (Wildman–Crippen MR) is 126 cm³/mol. The van der Waals surface area contributed by atoms with E-state index in [4.69, 9.17) is 27.9 Å². The van der Waals surface area contributed by atoms with Crippen molar-refractivity contribution in [3.05, 3.63) is 50.1 Å². The van der Waals surface area contributed by atoms with Crippen molar-refractivity contribution in [2.45, 2.75) is 58.7 Å². The summed E-state index contributed by atoms with van der Waals surface area (Å²) in [5.74, 6) is 0.268. The van der Waals surface area contributed by atoms with Crippen LogP contribution >= 0.6 is 34.5 Å². The number of halogens is 2. The first-order chi connectivity index (χ1) is 14.5. The van der Waals surface area contributed by atoms with Gasteiger partial charge in [0.2, 0.25) is 5.91 Å². The first-order valence-corrected chi connectivity index (χ1v) is 11.9. The van der Waals surface area contributed by atoms with Gasteiger partial charge in [0.25, 0.3) is 5.91 Å². The van der Waals surface area contributed by atoms with Crippen molar-refractivity contribution in [2.75, 3.05) is 6.54 Å². The van der Waals surface area contributed by atoms with E-state index in [1.165, 1.54) is 11.3 Å². The number of ether oxygens (including phenoxy) is 1. The van der Waals surface area contributed by atoms with Gasteiger partial charge in [0.05, 0.1) is 20.8 Å². The van der Waals surface area contributed by atoms with Crippen molar-refractivity contribution in [1.82, 2.24) is 10.2 Å². The largest absolute Gasteiger partial charge is 0.487 e. The van der Waals surface area contributed by atoms with E-state index in [1.807, 2.05) is 20.8 Å². The summed E-state index contributed by atoms with van der Waals surface area (Å²) in [5, 5.41) is 3.44. The highest BCUT2D eigenvalue weighted by Crippen LogP contribution is 2.41. The molecule has 1 aliphatic rings. The molecule has 2 atom stereocenters. The van der Waals surface area contributed by atoms with Crippen molar-refractivity contribution in [2.24, 2.45) is 5.92 Å². The number of nitrogens with zero attached hydrogens (tertiary/aromatic N) is 1. The SMILES string of the molecule is CC(C)C[C@H]1CN(C(=O)c2ccc(Cl)s2)[C@@H](C(=O)NC(C)(C)C)c2cccc(Cl)c2O1. The first kappa shape index (κ1) is 23.9. The average Bonchev–Trinajstić information content (AvgIpc) is 2.99. The van der Waals surface area contributed by atoms with Crippen molar-refractivity contribution in [1.29, 1.82) is 0 Å². The maximum Gasteiger partial charge on any atom is 0.265 e. The normalized spacial score (nSPS) is 18.9. The summed E-state index contributed by atoms with van der Waals surface area (Å²) in [6.45, 7) is 10.2. The van der Waals surface area contributed by atoms with Crippen LogP contribution in [0.3, 0.4) is 0 Å². The predicted octanol–water partition coefficient (Wildman–Crippen LogP) is 5.96. The summed E-state index contributed by atoms with van der Waals surface area (Å²) in [6, 6.07) is 7.81. The van der Waals surface area contributed by atoms with Crippen LogP contribution in [0.2, 0.25) is 9.36 Å². The minimum absolute atomic E-state index is 0.254. The van der Waals surface area contributed by atoms with Gasteiger partial charge in [-0.2, -0.15) is 0 Å². The van der Waals surface area contributed by atoms with Gasteiger partial charge in [-0.15, -0.1) is 11.3 Å². The molecular formula is C23H28Cl2N2O3S.